The molecule has 2 atom stereocenters. The molecule has 18 heavy (non-hydrogen) atoms. The van der Waals surface area contributed by atoms with Crippen LogP contribution in [-0.4, -0.2) is 18.1 Å². The van der Waals surface area contributed by atoms with Crippen LogP contribution in [0.25, 0.3) is 0 Å². The van der Waals surface area contributed by atoms with Crippen molar-refractivity contribution < 1.29 is 4.79 Å². The molecule has 2 unspecified atom stereocenters. The molecule has 0 bridgehead atoms. The topological polar surface area (TPSA) is 55.1 Å². The summed E-state index contributed by atoms with van der Waals surface area (Å²) in [5.74, 6) is 0.928. The lowest BCUT2D eigenvalue weighted by Gasteiger charge is -2.04. The van der Waals surface area contributed by atoms with Gasteiger partial charge in [0.2, 0.25) is 0 Å². The Labute approximate surface area is 117 Å². The van der Waals surface area contributed by atoms with E-state index in [0.717, 1.165) is 20.7 Å². The number of Topliss-reactive ketones (excluding diaryl/α,β-unsaturated/α-hetero) is 1. The maximum atomic E-state index is 11.8. The molecule has 1 saturated carbocycles. The molecule has 1 heterocycles. The minimum Gasteiger partial charge on any atom is -0.396 e. The van der Waals surface area contributed by atoms with Crippen LogP contribution in [0.1, 0.15) is 42.8 Å². The van der Waals surface area contributed by atoms with Crippen molar-refractivity contribution in [2.45, 2.75) is 44.0 Å². The second kappa shape index (κ2) is 5.53. The average molecular weight is 284 g/mol. The van der Waals surface area contributed by atoms with Crippen LogP contribution < -0.4 is 11.1 Å². The second-order valence-electron chi connectivity index (χ2n) is 4.64. The Hall–Kier alpha value is -0.680. The molecule has 0 aromatic carbocycles. The molecule has 3 nitrogen and oxygen atoms in total. The van der Waals surface area contributed by atoms with Crippen molar-refractivity contribution in [1.29, 1.82) is 0 Å². The Balaban J connectivity index is 2.21. The van der Waals surface area contributed by atoms with E-state index in [0.29, 0.717) is 18.2 Å². The number of rotatable bonds is 6. The van der Waals surface area contributed by atoms with E-state index >= 15 is 0 Å². The Bertz CT molecular complexity index is 456. The minimum absolute atomic E-state index is 0.142. The predicted molar refractivity (Wildman–Crippen MR) is 80.9 cm³/mol. The first kappa shape index (κ1) is 13.7. The molecular weight excluding hydrogens is 264 g/mol. The number of ketones is 1. The van der Waals surface area contributed by atoms with Crippen molar-refractivity contribution in [1.82, 2.24) is 0 Å². The van der Waals surface area contributed by atoms with Gasteiger partial charge in [0.05, 0.1) is 15.5 Å². The van der Waals surface area contributed by atoms with Gasteiger partial charge in [0.15, 0.2) is 5.78 Å². The quantitative estimate of drug-likeness (QED) is 0.615. The maximum Gasteiger partial charge on any atom is 0.174 e. The van der Waals surface area contributed by atoms with Gasteiger partial charge < -0.3 is 11.1 Å². The molecule has 0 saturated heterocycles. The van der Waals surface area contributed by atoms with E-state index in [4.69, 9.17) is 5.73 Å². The Morgan fingerprint density at radius 1 is 1.56 bits per heavy atom. The monoisotopic (exact) mass is 284 g/mol. The molecule has 3 N–H and O–H groups in total. The molecule has 1 aliphatic carbocycles. The normalized spacial score (nSPS) is 21.9. The fourth-order valence-corrected chi connectivity index (χ4v) is 4.23. The fraction of sp³-hybridized carbons (Fsp3) is 0.615. The standard InChI is InChI=1S/C13H20N2OS2/c1-4-7-6-8(7)15-13-12(17-3)10(14)11(18-13)9(16)5-2/h7-8,15H,4-6,14H2,1-3H3. The van der Waals surface area contributed by atoms with Crippen molar-refractivity contribution in [3.8, 4) is 0 Å². The smallest absolute Gasteiger partial charge is 0.174 e. The van der Waals surface area contributed by atoms with Crippen LogP contribution >= 0.6 is 23.1 Å². The minimum atomic E-state index is 0.142. The van der Waals surface area contributed by atoms with E-state index in [1.165, 1.54) is 24.2 Å². The highest BCUT2D eigenvalue weighted by atomic mass is 32.2. The third-order valence-corrected chi connectivity index (χ3v) is 5.58. The zero-order chi connectivity index (χ0) is 13.3. The average Bonchev–Trinajstić information content (AvgIpc) is 3.05. The summed E-state index contributed by atoms with van der Waals surface area (Å²) in [4.78, 5) is 13.6. The van der Waals surface area contributed by atoms with Crippen LogP contribution in [0.2, 0.25) is 0 Å². The lowest BCUT2D eigenvalue weighted by molar-refractivity contribution is 0.0992. The summed E-state index contributed by atoms with van der Waals surface area (Å²) in [7, 11) is 0. The van der Waals surface area contributed by atoms with Crippen molar-refractivity contribution in [2.75, 3.05) is 17.3 Å². The molecule has 0 aliphatic heterocycles. The van der Waals surface area contributed by atoms with Crippen LogP contribution in [0.5, 0.6) is 0 Å². The van der Waals surface area contributed by atoms with Gasteiger partial charge >= 0.3 is 0 Å². The number of thiophene rings is 1. The first-order valence-electron chi connectivity index (χ1n) is 6.38. The van der Waals surface area contributed by atoms with E-state index in [2.05, 4.69) is 12.2 Å². The van der Waals surface area contributed by atoms with Gasteiger partial charge in [-0.25, -0.2) is 0 Å². The van der Waals surface area contributed by atoms with Crippen LogP contribution in [0.3, 0.4) is 0 Å². The largest absolute Gasteiger partial charge is 0.396 e. The van der Waals surface area contributed by atoms with E-state index in [1.54, 1.807) is 11.8 Å². The number of hydrogen-bond donors (Lipinski definition) is 2. The van der Waals surface area contributed by atoms with Gasteiger partial charge in [-0.1, -0.05) is 20.3 Å². The maximum absolute atomic E-state index is 11.8. The lowest BCUT2D eigenvalue weighted by Crippen LogP contribution is -2.03. The summed E-state index contributed by atoms with van der Waals surface area (Å²) < 4.78 is 0. The molecule has 5 heteroatoms. The van der Waals surface area contributed by atoms with Crippen molar-refractivity contribution in [3.05, 3.63) is 4.88 Å². The fourth-order valence-electron chi connectivity index (χ4n) is 2.14. The lowest BCUT2D eigenvalue weighted by atomic mass is 10.2. The van der Waals surface area contributed by atoms with E-state index in [1.807, 2.05) is 13.2 Å². The van der Waals surface area contributed by atoms with E-state index < -0.39 is 0 Å². The van der Waals surface area contributed by atoms with Crippen LogP contribution in [0.4, 0.5) is 10.7 Å². The van der Waals surface area contributed by atoms with E-state index in [-0.39, 0.29) is 5.78 Å². The summed E-state index contributed by atoms with van der Waals surface area (Å²) in [5, 5.41) is 4.62. The highest BCUT2D eigenvalue weighted by Gasteiger charge is 2.36. The summed E-state index contributed by atoms with van der Waals surface area (Å²) in [6, 6.07) is 0.573. The summed E-state index contributed by atoms with van der Waals surface area (Å²) in [6.07, 6.45) is 4.97. The number of anilines is 2. The third-order valence-electron chi connectivity index (χ3n) is 3.44. The molecule has 1 aromatic rings. The van der Waals surface area contributed by atoms with Crippen molar-refractivity contribution in [3.63, 3.8) is 0 Å². The van der Waals surface area contributed by atoms with Crippen molar-refractivity contribution >= 4 is 39.6 Å². The number of thioether (sulfide) groups is 1. The Morgan fingerprint density at radius 3 is 2.78 bits per heavy atom. The number of nitrogen functional groups attached to an aromatic ring is 1. The molecule has 0 amide bonds. The third kappa shape index (κ3) is 2.52. The number of hydrogen-bond acceptors (Lipinski definition) is 5. The highest BCUT2D eigenvalue weighted by molar-refractivity contribution is 7.99. The summed E-state index contributed by atoms with van der Waals surface area (Å²) in [6.45, 7) is 4.10. The molecular formula is C13H20N2OS2. The van der Waals surface area contributed by atoms with Gasteiger partial charge in [0.25, 0.3) is 0 Å². The highest BCUT2D eigenvalue weighted by Crippen LogP contribution is 2.45. The van der Waals surface area contributed by atoms with E-state index in [9.17, 15) is 4.79 Å². The number of nitrogens with two attached hydrogens (primary N) is 1. The van der Waals surface area contributed by atoms with Gasteiger partial charge in [0.1, 0.15) is 5.00 Å². The van der Waals surface area contributed by atoms with Gasteiger partial charge in [-0.2, -0.15) is 0 Å². The molecule has 0 radical (unpaired) electrons. The van der Waals surface area contributed by atoms with Gasteiger partial charge in [-0.05, 0) is 18.6 Å². The van der Waals surface area contributed by atoms with Crippen LogP contribution in [0.15, 0.2) is 4.90 Å². The van der Waals surface area contributed by atoms with Gasteiger partial charge in [-0.3, -0.25) is 4.79 Å². The first-order valence-corrected chi connectivity index (χ1v) is 8.42. The molecule has 100 valence electrons. The SMILES string of the molecule is CCC(=O)c1sc(NC2CC2CC)c(SC)c1N. The summed E-state index contributed by atoms with van der Waals surface area (Å²) in [5.41, 5.74) is 6.75. The summed E-state index contributed by atoms with van der Waals surface area (Å²) >= 11 is 3.14. The van der Waals surface area contributed by atoms with Gasteiger partial charge in [0, 0.05) is 12.5 Å². The number of carbonyl (C=O) groups is 1. The van der Waals surface area contributed by atoms with Gasteiger partial charge in [-0.15, -0.1) is 23.1 Å². The molecule has 1 fully saturated rings. The molecule has 2 rings (SSSR count). The first-order chi connectivity index (χ1) is 8.62. The molecule has 0 spiro atoms. The predicted octanol–water partition coefficient (Wildman–Crippen LogP) is 3.86. The van der Waals surface area contributed by atoms with Crippen LogP contribution in [0, 0.1) is 5.92 Å². The zero-order valence-corrected chi connectivity index (χ0v) is 12.7. The Kier molecular flexibility index (Phi) is 4.22. The number of carbonyl (C=O) groups excluding carboxylic acids is 1. The molecule has 1 aliphatic rings. The Morgan fingerprint density at radius 2 is 2.28 bits per heavy atom. The second-order valence-corrected chi connectivity index (χ2v) is 6.48. The van der Waals surface area contributed by atoms with Crippen molar-refractivity contribution in [2.24, 2.45) is 5.92 Å². The zero-order valence-electron chi connectivity index (χ0n) is 11.1. The number of nitrogens with one attached hydrogen (secondary N) is 1. The molecule has 1 aromatic heterocycles. The van der Waals surface area contributed by atoms with Crippen LogP contribution in [-0.2, 0) is 0 Å².